The van der Waals surface area contributed by atoms with Gasteiger partial charge in [0.05, 0.1) is 5.69 Å². The number of hydrogen-bond donors (Lipinski definition) is 2. The second-order valence-corrected chi connectivity index (χ2v) is 8.82. The number of amides is 2. The third kappa shape index (κ3) is 5.53. The van der Waals surface area contributed by atoms with Crippen molar-refractivity contribution in [3.8, 4) is 0 Å². The lowest BCUT2D eigenvalue weighted by Crippen LogP contribution is -2.55. The Morgan fingerprint density at radius 1 is 1.12 bits per heavy atom. The molecule has 2 aromatic carbocycles. The average molecular weight is 434 g/mol. The zero-order chi connectivity index (χ0) is 22.5. The molecule has 0 spiro atoms. The van der Waals surface area contributed by atoms with Crippen LogP contribution in [0.25, 0.3) is 0 Å². The highest BCUT2D eigenvalue weighted by atomic mass is 16.2. The van der Waals surface area contributed by atoms with Crippen molar-refractivity contribution in [2.45, 2.75) is 39.8 Å². The standard InChI is InChI=1S/C25H31N5O2/c1-18-5-11-22(12-6-18)30-23(31)15-26-24(28-30)25(32)27-14-20-7-9-21(10-8-20)17-29-13-3-4-19(2)16-29/h5-12,19H,3-4,13-17H2,1-2H3,(H,26,28)(H,27,32). The lowest BCUT2D eigenvalue weighted by Gasteiger charge is -2.30. The molecule has 2 amide bonds. The first-order valence-electron chi connectivity index (χ1n) is 11.3. The number of rotatable bonds is 6. The number of carbonyl (C=O) groups excluding carboxylic acids is 2. The highest BCUT2D eigenvalue weighted by Gasteiger charge is 2.25. The van der Waals surface area contributed by atoms with E-state index in [0.717, 1.165) is 30.1 Å². The molecule has 2 aliphatic rings. The molecule has 32 heavy (non-hydrogen) atoms. The maximum absolute atomic E-state index is 12.6. The number of likely N-dealkylation sites (tertiary alicyclic amines) is 1. The first-order valence-corrected chi connectivity index (χ1v) is 11.3. The smallest absolute Gasteiger partial charge is 0.288 e. The Hall–Kier alpha value is -3.19. The summed E-state index contributed by atoms with van der Waals surface area (Å²) >= 11 is 0. The summed E-state index contributed by atoms with van der Waals surface area (Å²) in [5, 5.41) is 4.26. The molecule has 7 heteroatoms. The summed E-state index contributed by atoms with van der Waals surface area (Å²) < 4.78 is 0. The number of anilines is 1. The van der Waals surface area contributed by atoms with E-state index in [1.54, 1.807) is 0 Å². The van der Waals surface area contributed by atoms with Crippen molar-refractivity contribution < 1.29 is 9.59 Å². The summed E-state index contributed by atoms with van der Waals surface area (Å²) in [6, 6.07) is 15.9. The van der Waals surface area contributed by atoms with Crippen LogP contribution in [0.15, 0.2) is 53.5 Å². The van der Waals surface area contributed by atoms with Gasteiger partial charge in [0.25, 0.3) is 11.8 Å². The number of piperidine rings is 1. The Balaban J connectivity index is 1.30. The van der Waals surface area contributed by atoms with Crippen molar-refractivity contribution in [2.24, 2.45) is 10.9 Å². The molecular formula is C25H31N5O2. The van der Waals surface area contributed by atoms with Crippen LogP contribution in [0.5, 0.6) is 0 Å². The van der Waals surface area contributed by atoms with Gasteiger partial charge in [-0.2, -0.15) is 0 Å². The van der Waals surface area contributed by atoms with E-state index >= 15 is 0 Å². The summed E-state index contributed by atoms with van der Waals surface area (Å²) in [4.78, 5) is 31.5. The summed E-state index contributed by atoms with van der Waals surface area (Å²) in [5.41, 5.74) is 6.94. The topological polar surface area (TPSA) is 77.0 Å². The Bertz CT molecular complexity index is 984. The molecule has 0 radical (unpaired) electrons. The molecule has 7 nitrogen and oxygen atoms in total. The van der Waals surface area contributed by atoms with Crippen LogP contribution < -0.4 is 15.8 Å². The Labute approximate surface area is 189 Å². The number of aliphatic imine (C=N–C) groups is 1. The molecule has 1 saturated heterocycles. The molecule has 2 aliphatic heterocycles. The maximum Gasteiger partial charge on any atom is 0.288 e. The molecular weight excluding hydrogens is 402 g/mol. The molecule has 0 aromatic heterocycles. The third-order valence-electron chi connectivity index (χ3n) is 5.97. The minimum Gasteiger partial charge on any atom is -0.345 e. The Morgan fingerprint density at radius 3 is 2.56 bits per heavy atom. The van der Waals surface area contributed by atoms with E-state index in [4.69, 9.17) is 0 Å². The molecule has 168 valence electrons. The molecule has 4 rings (SSSR count). The predicted molar refractivity (Wildman–Crippen MR) is 126 cm³/mol. The molecule has 0 aliphatic carbocycles. The fourth-order valence-corrected chi connectivity index (χ4v) is 4.16. The van der Waals surface area contributed by atoms with E-state index in [1.807, 2.05) is 31.2 Å². The van der Waals surface area contributed by atoms with E-state index in [9.17, 15) is 9.59 Å². The number of aryl methyl sites for hydroxylation is 1. The number of amidine groups is 1. The maximum atomic E-state index is 12.6. The second kappa shape index (κ2) is 9.96. The van der Waals surface area contributed by atoms with E-state index in [0.29, 0.717) is 12.2 Å². The Kier molecular flexibility index (Phi) is 6.85. The normalized spacial score (nSPS) is 19.3. The molecule has 0 bridgehead atoms. The molecule has 2 aromatic rings. The number of hydrogen-bond acceptors (Lipinski definition) is 5. The molecule has 2 N–H and O–H groups in total. The van der Waals surface area contributed by atoms with E-state index < -0.39 is 0 Å². The second-order valence-electron chi connectivity index (χ2n) is 8.82. The lowest BCUT2D eigenvalue weighted by molar-refractivity contribution is -0.118. The van der Waals surface area contributed by atoms with Crippen molar-refractivity contribution in [2.75, 3.05) is 24.6 Å². The monoisotopic (exact) mass is 433 g/mol. The van der Waals surface area contributed by atoms with Crippen LogP contribution in [0, 0.1) is 12.8 Å². The molecule has 0 saturated carbocycles. The number of benzene rings is 2. The van der Waals surface area contributed by atoms with Gasteiger partial charge in [-0.3, -0.25) is 24.9 Å². The van der Waals surface area contributed by atoms with Crippen LogP contribution in [-0.4, -0.2) is 42.2 Å². The van der Waals surface area contributed by atoms with Gasteiger partial charge >= 0.3 is 0 Å². The van der Waals surface area contributed by atoms with Crippen LogP contribution >= 0.6 is 0 Å². The first kappa shape index (κ1) is 22.0. The SMILES string of the molecule is Cc1ccc(N2NC(C(=O)NCc3ccc(CN4CCCC(C)C4)cc3)=NCC2=O)cc1. The quantitative estimate of drug-likeness (QED) is 0.735. The van der Waals surface area contributed by atoms with Gasteiger partial charge in [-0.05, 0) is 55.5 Å². The fraction of sp³-hybridized carbons (Fsp3) is 0.400. The third-order valence-corrected chi connectivity index (χ3v) is 5.97. The van der Waals surface area contributed by atoms with Gasteiger partial charge in [0.1, 0.15) is 6.54 Å². The average Bonchev–Trinajstić information content (AvgIpc) is 2.79. The predicted octanol–water partition coefficient (Wildman–Crippen LogP) is 2.79. The lowest BCUT2D eigenvalue weighted by atomic mass is 9.99. The molecule has 1 atom stereocenters. The van der Waals surface area contributed by atoms with Crippen LogP contribution in [0.1, 0.15) is 36.5 Å². The summed E-state index contributed by atoms with van der Waals surface area (Å²) in [5.74, 6) is 0.373. The van der Waals surface area contributed by atoms with Gasteiger partial charge in [0.2, 0.25) is 5.84 Å². The van der Waals surface area contributed by atoms with E-state index in [-0.39, 0.29) is 24.2 Å². The van der Waals surface area contributed by atoms with E-state index in [2.05, 4.69) is 51.8 Å². The highest BCUT2D eigenvalue weighted by molar-refractivity contribution is 6.39. The molecule has 2 heterocycles. The minimum absolute atomic E-state index is 0.0621. The van der Waals surface area contributed by atoms with Gasteiger partial charge in [0.15, 0.2) is 0 Å². The number of nitrogens with zero attached hydrogens (tertiary/aromatic N) is 3. The van der Waals surface area contributed by atoms with Crippen molar-refractivity contribution in [3.63, 3.8) is 0 Å². The van der Waals surface area contributed by atoms with Crippen molar-refractivity contribution in [3.05, 3.63) is 65.2 Å². The first-order chi connectivity index (χ1) is 15.5. The highest BCUT2D eigenvalue weighted by Crippen LogP contribution is 2.18. The number of nitrogens with one attached hydrogen (secondary N) is 2. The van der Waals surface area contributed by atoms with Gasteiger partial charge in [-0.15, -0.1) is 0 Å². The zero-order valence-electron chi connectivity index (χ0n) is 18.8. The zero-order valence-corrected chi connectivity index (χ0v) is 18.8. The molecule has 1 fully saturated rings. The number of hydrazine groups is 1. The van der Waals surface area contributed by atoms with Crippen molar-refractivity contribution >= 4 is 23.3 Å². The largest absolute Gasteiger partial charge is 0.345 e. The summed E-state index contributed by atoms with van der Waals surface area (Å²) in [6.45, 7) is 7.94. The number of carbonyl (C=O) groups is 2. The van der Waals surface area contributed by atoms with Gasteiger partial charge < -0.3 is 5.32 Å². The van der Waals surface area contributed by atoms with Crippen LogP contribution in [0.3, 0.4) is 0 Å². The molecule has 1 unspecified atom stereocenters. The van der Waals surface area contributed by atoms with Gasteiger partial charge in [-0.1, -0.05) is 48.9 Å². The van der Waals surface area contributed by atoms with Crippen molar-refractivity contribution in [1.29, 1.82) is 0 Å². The van der Waals surface area contributed by atoms with Gasteiger partial charge in [-0.25, -0.2) is 5.01 Å². The van der Waals surface area contributed by atoms with Crippen LogP contribution in [0.2, 0.25) is 0 Å². The fourth-order valence-electron chi connectivity index (χ4n) is 4.16. The van der Waals surface area contributed by atoms with Gasteiger partial charge in [0, 0.05) is 19.6 Å². The van der Waals surface area contributed by atoms with E-state index in [1.165, 1.54) is 30.0 Å². The van der Waals surface area contributed by atoms with Crippen LogP contribution in [0.4, 0.5) is 5.69 Å². The van der Waals surface area contributed by atoms with Crippen molar-refractivity contribution in [1.82, 2.24) is 15.6 Å². The minimum atomic E-state index is -0.332. The Morgan fingerprint density at radius 2 is 1.84 bits per heavy atom. The van der Waals surface area contributed by atoms with Crippen LogP contribution in [-0.2, 0) is 22.7 Å². The summed E-state index contributed by atoms with van der Waals surface area (Å²) in [7, 11) is 0. The summed E-state index contributed by atoms with van der Waals surface area (Å²) in [6.07, 6.45) is 2.60.